The second-order valence-corrected chi connectivity index (χ2v) is 2.69. The van der Waals surface area contributed by atoms with E-state index in [0.29, 0.717) is 11.8 Å². The van der Waals surface area contributed by atoms with Crippen LogP contribution in [0.1, 0.15) is 10.8 Å². The van der Waals surface area contributed by atoms with E-state index in [2.05, 4.69) is 12.6 Å². The molecule has 0 saturated carbocycles. The predicted molar refractivity (Wildman–Crippen MR) is 44.2 cm³/mol. The van der Waals surface area contributed by atoms with Crippen molar-refractivity contribution in [2.45, 2.75) is 5.25 Å². The molecule has 0 bridgehead atoms. The predicted octanol–water partition coefficient (Wildman–Crippen LogP) is 2.00. The average Bonchev–Trinajstić information content (AvgIpc) is 2.05. The summed E-state index contributed by atoms with van der Waals surface area (Å²) in [4.78, 5) is 10.2. The van der Waals surface area contributed by atoms with Crippen molar-refractivity contribution in [3.8, 4) is 0 Å². The summed E-state index contributed by atoms with van der Waals surface area (Å²) in [5.74, 6) is -0.305. The Morgan fingerprint density at radius 2 is 1.91 bits per heavy atom. The number of thiol groups is 1. The molecule has 0 N–H and O–H groups in total. The van der Waals surface area contributed by atoms with Gasteiger partial charge in [0.15, 0.2) is 0 Å². The zero-order chi connectivity index (χ0) is 8.27. The molecule has 0 aromatic heterocycles. The highest BCUT2D eigenvalue weighted by Crippen LogP contribution is 2.16. The summed E-state index contributed by atoms with van der Waals surface area (Å²) in [5, 5.41) is -0.449. The molecule has 1 aromatic rings. The van der Waals surface area contributed by atoms with Gasteiger partial charge in [0, 0.05) is 0 Å². The van der Waals surface area contributed by atoms with Crippen LogP contribution in [0.2, 0.25) is 0 Å². The zero-order valence-electron chi connectivity index (χ0n) is 5.70. The number of carbonyl (C=O) groups excluding carboxylic acids is 1. The molecule has 0 radical (unpaired) electrons. The van der Waals surface area contributed by atoms with E-state index in [1.807, 2.05) is 0 Å². The van der Waals surface area contributed by atoms with Crippen LogP contribution in [0.25, 0.3) is 0 Å². The van der Waals surface area contributed by atoms with Gasteiger partial charge in [0.05, 0.1) is 5.25 Å². The van der Waals surface area contributed by atoms with E-state index in [4.69, 9.17) is 0 Å². The van der Waals surface area contributed by atoms with Crippen molar-refractivity contribution >= 4 is 18.9 Å². The maximum Gasteiger partial charge on any atom is 0.137 e. The first kappa shape index (κ1) is 8.27. The van der Waals surface area contributed by atoms with E-state index in [1.165, 1.54) is 12.1 Å². The minimum Gasteiger partial charge on any atom is -0.302 e. The third-order valence-electron chi connectivity index (χ3n) is 1.34. The van der Waals surface area contributed by atoms with Gasteiger partial charge in [0.25, 0.3) is 0 Å². The highest BCUT2D eigenvalue weighted by Gasteiger charge is 2.02. The fourth-order valence-electron chi connectivity index (χ4n) is 0.739. The first-order chi connectivity index (χ1) is 5.24. The highest BCUT2D eigenvalue weighted by molar-refractivity contribution is 7.81. The molecule has 1 atom stereocenters. The average molecular weight is 170 g/mol. The Hall–Kier alpha value is -0.830. The fourth-order valence-corrected chi connectivity index (χ4v) is 0.911. The van der Waals surface area contributed by atoms with Crippen LogP contribution >= 0.6 is 12.6 Å². The molecule has 0 spiro atoms. The molecule has 1 unspecified atom stereocenters. The van der Waals surface area contributed by atoms with Gasteiger partial charge in [-0.15, -0.1) is 0 Å². The first-order valence-electron chi connectivity index (χ1n) is 3.13. The molecule has 0 amide bonds. The number of benzene rings is 1. The smallest absolute Gasteiger partial charge is 0.137 e. The van der Waals surface area contributed by atoms with Crippen LogP contribution in [0, 0.1) is 5.82 Å². The van der Waals surface area contributed by atoms with Gasteiger partial charge in [-0.25, -0.2) is 4.39 Å². The summed E-state index contributed by atoms with van der Waals surface area (Å²) < 4.78 is 12.3. The lowest BCUT2D eigenvalue weighted by molar-refractivity contribution is -0.107. The summed E-state index contributed by atoms with van der Waals surface area (Å²) in [5.41, 5.74) is 0.713. The van der Waals surface area contributed by atoms with Crippen LogP contribution in [0.5, 0.6) is 0 Å². The third kappa shape index (κ3) is 2.05. The Morgan fingerprint density at radius 3 is 2.36 bits per heavy atom. The number of aldehydes is 1. The monoisotopic (exact) mass is 170 g/mol. The number of halogens is 1. The summed E-state index contributed by atoms with van der Waals surface area (Å²) in [6.45, 7) is 0. The van der Waals surface area contributed by atoms with Gasteiger partial charge in [-0.2, -0.15) is 12.6 Å². The molecule has 58 valence electrons. The number of rotatable bonds is 2. The molecule has 11 heavy (non-hydrogen) atoms. The first-order valence-corrected chi connectivity index (χ1v) is 3.64. The standard InChI is InChI=1S/C8H7FOS/c9-7-3-1-6(2-4-7)8(11)5-10/h1-5,8,11H. The molecular formula is C8H7FOS. The van der Waals surface area contributed by atoms with E-state index >= 15 is 0 Å². The molecule has 1 rings (SSSR count). The van der Waals surface area contributed by atoms with E-state index in [1.54, 1.807) is 12.1 Å². The number of hydrogen-bond acceptors (Lipinski definition) is 2. The molecule has 0 aliphatic carbocycles. The van der Waals surface area contributed by atoms with E-state index in [0.717, 1.165) is 0 Å². The lowest BCUT2D eigenvalue weighted by Gasteiger charge is -2.00. The molecular weight excluding hydrogens is 163 g/mol. The van der Waals surface area contributed by atoms with Crippen LogP contribution in [0.3, 0.4) is 0 Å². The van der Waals surface area contributed by atoms with Crippen molar-refractivity contribution in [1.82, 2.24) is 0 Å². The summed E-state index contributed by atoms with van der Waals surface area (Å²) in [6, 6.07) is 5.70. The quantitative estimate of drug-likeness (QED) is 0.530. The fraction of sp³-hybridized carbons (Fsp3) is 0.125. The Bertz CT molecular complexity index is 245. The second kappa shape index (κ2) is 3.53. The molecule has 1 nitrogen and oxygen atoms in total. The Labute approximate surface area is 69.6 Å². The molecule has 0 saturated heterocycles. The van der Waals surface area contributed by atoms with Gasteiger partial charge in [-0.3, -0.25) is 0 Å². The minimum atomic E-state index is -0.449. The van der Waals surface area contributed by atoms with Crippen LogP contribution in [0.15, 0.2) is 24.3 Å². The van der Waals surface area contributed by atoms with Gasteiger partial charge in [0.1, 0.15) is 12.1 Å². The van der Waals surface area contributed by atoms with Crippen molar-refractivity contribution in [3.63, 3.8) is 0 Å². The largest absolute Gasteiger partial charge is 0.302 e. The molecule has 0 heterocycles. The topological polar surface area (TPSA) is 17.1 Å². The Balaban J connectivity index is 2.89. The summed E-state index contributed by atoms with van der Waals surface area (Å²) >= 11 is 3.96. The van der Waals surface area contributed by atoms with E-state index in [9.17, 15) is 9.18 Å². The van der Waals surface area contributed by atoms with Crippen molar-refractivity contribution in [3.05, 3.63) is 35.6 Å². The van der Waals surface area contributed by atoms with Crippen molar-refractivity contribution < 1.29 is 9.18 Å². The normalized spacial score (nSPS) is 12.5. The lowest BCUT2D eigenvalue weighted by Crippen LogP contribution is -1.90. The number of carbonyl (C=O) groups is 1. The Morgan fingerprint density at radius 1 is 1.36 bits per heavy atom. The van der Waals surface area contributed by atoms with Gasteiger partial charge in [-0.05, 0) is 17.7 Å². The van der Waals surface area contributed by atoms with Gasteiger partial charge in [-0.1, -0.05) is 12.1 Å². The SMILES string of the molecule is O=CC(S)c1ccc(F)cc1. The third-order valence-corrected chi connectivity index (χ3v) is 1.76. The van der Waals surface area contributed by atoms with Crippen molar-refractivity contribution in [1.29, 1.82) is 0 Å². The molecule has 0 aliphatic rings. The molecule has 0 fully saturated rings. The van der Waals surface area contributed by atoms with E-state index < -0.39 is 5.25 Å². The molecule has 0 aliphatic heterocycles. The zero-order valence-corrected chi connectivity index (χ0v) is 6.59. The minimum absolute atomic E-state index is 0.305. The van der Waals surface area contributed by atoms with Crippen molar-refractivity contribution in [2.24, 2.45) is 0 Å². The number of hydrogen-bond donors (Lipinski definition) is 1. The van der Waals surface area contributed by atoms with Crippen LogP contribution < -0.4 is 0 Å². The maximum absolute atomic E-state index is 12.3. The summed E-state index contributed by atoms with van der Waals surface area (Å²) in [7, 11) is 0. The van der Waals surface area contributed by atoms with Gasteiger partial charge < -0.3 is 4.79 Å². The highest BCUT2D eigenvalue weighted by atomic mass is 32.1. The van der Waals surface area contributed by atoms with Crippen molar-refractivity contribution in [2.75, 3.05) is 0 Å². The molecule has 3 heteroatoms. The van der Waals surface area contributed by atoms with Crippen LogP contribution in [-0.2, 0) is 4.79 Å². The Kier molecular flexibility index (Phi) is 2.65. The van der Waals surface area contributed by atoms with Crippen LogP contribution in [-0.4, -0.2) is 6.29 Å². The lowest BCUT2D eigenvalue weighted by atomic mass is 10.2. The molecule has 1 aromatic carbocycles. The summed E-state index contributed by atoms with van der Waals surface area (Å²) in [6.07, 6.45) is 0.705. The van der Waals surface area contributed by atoms with E-state index in [-0.39, 0.29) is 5.82 Å². The maximum atomic E-state index is 12.3. The van der Waals surface area contributed by atoms with Crippen LogP contribution in [0.4, 0.5) is 4.39 Å². The van der Waals surface area contributed by atoms with Gasteiger partial charge in [0.2, 0.25) is 0 Å². The van der Waals surface area contributed by atoms with Gasteiger partial charge >= 0.3 is 0 Å². The second-order valence-electron chi connectivity index (χ2n) is 2.13.